The number of carbonyl (C=O) groups is 1. The predicted molar refractivity (Wildman–Crippen MR) is 78.9 cm³/mol. The van der Waals surface area contributed by atoms with Gasteiger partial charge in [-0.05, 0) is 37.5 Å². The third-order valence-electron chi connectivity index (χ3n) is 4.94. The summed E-state index contributed by atoms with van der Waals surface area (Å²) < 4.78 is 22.4. The van der Waals surface area contributed by atoms with Gasteiger partial charge in [-0.25, -0.2) is 8.42 Å². The Kier molecular flexibility index (Phi) is 4.74. The van der Waals surface area contributed by atoms with Gasteiger partial charge in [0.2, 0.25) is 5.91 Å². The number of nitrogens with two attached hydrogens (primary N) is 1. The van der Waals surface area contributed by atoms with Gasteiger partial charge in [-0.15, -0.1) is 0 Å². The van der Waals surface area contributed by atoms with Crippen LogP contribution >= 0.6 is 0 Å². The monoisotopic (exact) mass is 302 g/mol. The minimum atomic E-state index is -3.02. The molecule has 2 bridgehead atoms. The van der Waals surface area contributed by atoms with Gasteiger partial charge in [-0.2, -0.15) is 0 Å². The fourth-order valence-corrected chi connectivity index (χ4v) is 4.32. The molecule has 5 nitrogen and oxygen atoms in total. The highest BCUT2D eigenvalue weighted by atomic mass is 32.2. The van der Waals surface area contributed by atoms with Crippen LogP contribution < -0.4 is 5.73 Å². The van der Waals surface area contributed by atoms with Crippen LogP contribution in [0, 0.1) is 17.8 Å². The Morgan fingerprint density at radius 1 is 1.25 bits per heavy atom. The zero-order valence-electron chi connectivity index (χ0n) is 12.4. The molecule has 6 heteroatoms. The lowest BCUT2D eigenvalue weighted by Crippen LogP contribution is -2.49. The maximum absolute atomic E-state index is 12.4. The largest absolute Gasteiger partial charge is 0.345 e. The molecule has 116 valence electrons. The molecule has 0 radical (unpaired) electrons. The lowest BCUT2D eigenvalue weighted by Gasteiger charge is -2.44. The van der Waals surface area contributed by atoms with Gasteiger partial charge in [0.05, 0.1) is 5.75 Å². The summed E-state index contributed by atoms with van der Waals surface area (Å²) in [5.74, 6) is 1.11. The Morgan fingerprint density at radius 2 is 1.80 bits per heavy atom. The van der Waals surface area contributed by atoms with E-state index in [-0.39, 0.29) is 30.2 Å². The fraction of sp³-hybridized carbons (Fsp3) is 0.929. The zero-order chi connectivity index (χ0) is 14.9. The van der Waals surface area contributed by atoms with Crippen molar-refractivity contribution >= 4 is 15.7 Å². The van der Waals surface area contributed by atoms with E-state index in [1.807, 2.05) is 0 Å². The summed E-state index contributed by atoms with van der Waals surface area (Å²) in [5.41, 5.74) is 6.23. The molecule has 0 aliphatic heterocycles. The summed E-state index contributed by atoms with van der Waals surface area (Å²) >= 11 is 0. The SMILES string of the molecule is CN(CCS(C)(=O)=O)C(=O)C1CC2CCCC(C1)C2N. The minimum absolute atomic E-state index is 0.0360. The van der Waals surface area contributed by atoms with Crippen LogP contribution in [-0.2, 0) is 14.6 Å². The van der Waals surface area contributed by atoms with Crippen molar-refractivity contribution in [2.24, 2.45) is 23.5 Å². The fourth-order valence-electron chi connectivity index (χ4n) is 3.72. The van der Waals surface area contributed by atoms with Crippen LogP contribution in [0.4, 0.5) is 0 Å². The number of sulfone groups is 1. The van der Waals surface area contributed by atoms with Gasteiger partial charge in [0.1, 0.15) is 9.84 Å². The summed E-state index contributed by atoms with van der Waals surface area (Å²) in [6.07, 6.45) is 6.45. The average molecular weight is 302 g/mol. The third-order valence-corrected chi connectivity index (χ3v) is 5.86. The lowest BCUT2D eigenvalue weighted by molar-refractivity contribution is -0.137. The normalized spacial score (nSPS) is 33.8. The number of rotatable bonds is 4. The highest BCUT2D eigenvalue weighted by molar-refractivity contribution is 7.90. The standard InChI is InChI=1S/C14H26N2O3S/c1-16(6-7-20(2,18)19)14(17)12-8-10-4-3-5-11(9-12)13(10)15/h10-13H,3-9,15H2,1-2H3. The van der Waals surface area contributed by atoms with E-state index in [0.717, 1.165) is 25.7 Å². The van der Waals surface area contributed by atoms with Gasteiger partial charge in [0.15, 0.2) is 0 Å². The van der Waals surface area contributed by atoms with E-state index < -0.39 is 9.84 Å². The van der Waals surface area contributed by atoms with Gasteiger partial charge in [-0.3, -0.25) is 4.79 Å². The highest BCUT2D eigenvalue weighted by Gasteiger charge is 2.41. The molecule has 2 atom stereocenters. The molecule has 2 saturated carbocycles. The van der Waals surface area contributed by atoms with Gasteiger partial charge in [0, 0.05) is 31.8 Å². The molecule has 2 aliphatic rings. The topological polar surface area (TPSA) is 80.5 Å². The number of amides is 1. The second kappa shape index (κ2) is 6.02. The van der Waals surface area contributed by atoms with Crippen LogP contribution in [0.15, 0.2) is 0 Å². The van der Waals surface area contributed by atoms with Crippen molar-refractivity contribution in [3.8, 4) is 0 Å². The molecule has 2 unspecified atom stereocenters. The van der Waals surface area contributed by atoms with Crippen molar-refractivity contribution < 1.29 is 13.2 Å². The maximum atomic E-state index is 12.4. The first-order valence-electron chi connectivity index (χ1n) is 7.46. The van der Waals surface area contributed by atoms with Crippen molar-refractivity contribution in [1.82, 2.24) is 4.90 Å². The molecule has 0 heterocycles. The van der Waals surface area contributed by atoms with Crippen LogP contribution in [0.3, 0.4) is 0 Å². The van der Waals surface area contributed by atoms with E-state index in [2.05, 4.69) is 0 Å². The summed E-state index contributed by atoms with van der Waals surface area (Å²) in [4.78, 5) is 14.0. The Hall–Kier alpha value is -0.620. The van der Waals surface area contributed by atoms with Gasteiger partial charge in [-0.1, -0.05) is 6.42 Å². The van der Waals surface area contributed by atoms with E-state index in [4.69, 9.17) is 5.73 Å². The van der Waals surface area contributed by atoms with Crippen molar-refractivity contribution in [2.75, 3.05) is 25.6 Å². The molecule has 2 rings (SSSR count). The Labute approximate surface area is 121 Å². The maximum Gasteiger partial charge on any atom is 0.225 e. The number of hydrogen-bond donors (Lipinski definition) is 1. The summed E-state index contributed by atoms with van der Waals surface area (Å²) in [5, 5.41) is 0. The molecule has 0 spiro atoms. The van der Waals surface area contributed by atoms with E-state index in [9.17, 15) is 13.2 Å². The van der Waals surface area contributed by atoms with Crippen molar-refractivity contribution in [3.05, 3.63) is 0 Å². The molecule has 0 aromatic rings. The van der Waals surface area contributed by atoms with Crippen molar-refractivity contribution in [3.63, 3.8) is 0 Å². The molecule has 0 aromatic carbocycles. The molecule has 20 heavy (non-hydrogen) atoms. The van der Waals surface area contributed by atoms with Crippen molar-refractivity contribution in [2.45, 2.75) is 38.1 Å². The number of hydrogen-bond acceptors (Lipinski definition) is 4. The highest BCUT2D eigenvalue weighted by Crippen LogP contribution is 2.42. The third kappa shape index (κ3) is 3.73. The first-order chi connectivity index (χ1) is 9.28. The summed E-state index contributed by atoms with van der Waals surface area (Å²) in [7, 11) is -1.31. The number of fused-ring (bicyclic) bond motifs is 2. The molecular formula is C14H26N2O3S. The van der Waals surface area contributed by atoms with Gasteiger partial charge < -0.3 is 10.6 Å². The van der Waals surface area contributed by atoms with Gasteiger partial charge in [0.25, 0.3) is 0 Å². The quantitative estimate of drug-likeness (QED) is 0.826. The molecule has 0 aromatic heterocycles. The molecule has 2 fully saturated rings. The van der Waals surface area contributed by atoms with Crippen molar-refractivity contribution in [1.29, 1.82) is 0 Å². The van der Waals surface area contributed by atoms with Crippen LogP contribution in [0.25, 0.3) is 0 Å². The predicted octanol–water partition coefficient (Wildman–Crippen LogP) is 0.643. The van der Waals surface area contributed by atoms with Crippen LogP contribution in [-0.4, -0.2) is 50.9 Å². The smallest absolute Gasteiger partial charge is 0.225 e. The van der Waals surface area contributed by atoms with Crippen LogP contribution in [0.5, 0.6) is 0 Å². The van der Waals surface area contributed by atoms with E-state index in [0.29, 0.717) is 11.8 Å². The second-order valence-corrected chi connectivity index (χ2v) is 8.85. The number of nitrogens with zero attached hydrogens (tertiary/aromatic N) is 1. The Bertz CT molecular complexity index is 449. The Morgan fingerprint density at radius 3 is 2.30 bits per heavy atom. The first kappa shape index (κ1) is 15.8. The molecular weight excluding hydrogens is 276 g/mol. The second-order valence-electron chi connectivity index (χ2n) is 6.59. The summed E-state index contributed by atoms with van der Waals surface area (Å²) in [6.45, 7) is 0.287. The molecule has 0 saturated heterocycles. The first-order valence-corrected chi connectivity index (χ1v) is 9.52. The lowest BCUT2D eigenvalue weighted by atomic mass is 9.65. The summed E-state index contributed by atoms with van der Waals surface area (Å²) in [6, 6.07) is 0.258. The van der Waals surface area contributed by atoms with E-state index in [1.165, 1.54) is 12.7 Å². The molecule has 1 amide bonds. The molecule has 2 N–H and O–H groups in total. The van der Waals surface area contributed by atoms with E-state index >= 15 is 0 Å². The van der Waals surface area contributed by atoms with Crippen LogP contribution in [0.1, 0.15) is 32.1 Å². The molecule has 2 aliphatic carbocycles. The van der Waals surface area contributed by atoms with Crippen LogP contribution in [0.2, 0.25) is 0 Å². The van der Waals surface area contributed by atoms with E-state index in [1.54, 1.807) is 11.9 Å². The number of carbonyl (C=O) groups excluding carboxylic acids is 1. The Balaban J connectivity index is 1.92. The minimum Gasteiger partial charge on any atom is -0.345 e. The average Bonchev–Trinajstić information content (AvgIpc) is 2.34. The van der Waals surface area contributed by atoms with Gasteiger partial charge >= 0.3 is 0 Å². The zero-order valence-corrected chi connectivity index (χ0v) is 13.2.